The van der Waals surface area contributed by atoms with Crippen molar-refractivity contribution in [3.8, 4) is 0 Å². The number of amides is 1. The van der Waals surface area contributed by atoms with Crippen LogP contribution in [0.25, 0.3) is 0 Å². The summed E-state index contributed by atoms with van der Waals surface area (Å²) in [5, 5.41) is 6.08. The minimum atomic E-state index is -0.599. The summed E-state index contributed by atoms with van der Waals surface area (Å²) >= 11 is 0. The SMILES string of the molecule is CC(C)CC(N)C(=O)NCC(=O)c1oc(C2CCCNC2)nc1CC1CCCCC1. The number of piperidine rings is 1. The van der Waals surface area contributed by atoms with Crippen LogP contribution in [0, 0.1) is 11.8 Å². The molecule has 7 heteroatoms. The highest BCUT2D eigenvalue weighted by Crippen LogP contribution is 2.30. The molecule has 2 heterocycles. The molecule has 0 aromatic carbocycles. The van der Waals surface area contributed by atoms with Crippen LogP contribution in [-0.2, 0) is 11.2 Å². The van der Waals surface area contributed by atoms with E-state index in [0.29, 0.717) is 29.9 Å². The number of nitrogens with zero attached hydrogens (tertiary/aromatic N) is 1. The van der Waals surface area contributed by atoms with E-state index in [9.17, 15) is 9.59 Å². The third-order valence-corrected chi connectivity index (χ3v) is 6.31. The zero-order valence-corrected chi connectivity index (χ0v) is 18.5. The number of Topliss-reactive ketones (excluding diaryl/α,β-unsaturated/α-hetero) is 1. The molecule has 2 aliphatic rings. The Morgan fingerprint density at radius 1 is 1.20 bits per heavy atom. The zero-order chi connectivity index (χ0) is 21.5. The van der Waals surface area contributed by atoms with Crippen molar-refractivity contribution in [2.75, 3.05) is 19.6 Å². The predicted molar refractivity (Wildman–Crippen MR) is 116 cm³/mol. The second kappa shape index (κ2) is 11.0. The molecule has 1 aliphatic carbocycles. The number of rotatable bonds is 9. The van der Waals surface area contributed by atoms with E-state index in [1.165, 1.54) is 32.1 Å². The van der Waals surface area contributed by atoms with Crippen molar-refractivity contribution < 1.29 is 14.0 Å². The zero-order valence-electron chi connectivity index (χ0n) is 18.5. The lowest BCUT2D eigenvalue weighted by molar-refractivity contribution is -0.122. The largest absolute Gasteiger partial charge is 0.437 e. The van der Waals surface area contributed by atoms with Crippen LogP contribution in [0.1, 0.15) is 93.3 Å². The topological polar surface area (TPSA) is 110 Å². The van der Waals surface area contributed by atoms with Gasteiger partial charge in [0, 0.05) is 12.5 Å². The van der Waals surface area contributed by atoms with Crippen molar-refractivity contribution in [2.45, 2.75) is 83.6 Å². The molecule has 2 atom stereocenters. The van der Waals surface area contributed by atoms with Crippen LogP contribution in [0.4, 0.5) is 0 Å². The first-order chi connectivity index (χ1) is 14.4. The number of hydrogen-bond donors (Lipinski definition) is 3. The van der Waals surface area contributed by atoms with Gasteiger partial charge >= 0.3 is 0 Å². The van der Waals surface area contributed by atoms with Crippen molar-refractivity contribution in [1.82, 2.24) is 15.6 Å². The van der Waals surface area contributed by atoms with Gasteiger partial charge in [0.15, 0.2) is 11.7 Å². The monoisotopic (exact) mass is 418 g/mol. The van der Waals surface area contributed by atoms with Gasteiger partial charge < -0.3 is 20.8 Å². The Hall–Kier alpha value is -1.73. The molecule has 1 aromatic rings. The van der Waals surface area contributed by atoms with Gasteiger partial charge in [0.05, 0.1) is 18.3 Å². The van der Waals surface area contributed by atoms with E-state index >= 15 is 0 Å². The molecule has 1 amide bonds. The summed E-state index contributed by atoms with van der Waals surface area (Å²) in [4.78, 5) is 30.0. The highest BCUT2D eigenvalue weighted by atomic mass is 16.4. The maximum Gasteiger partial charge on any atom is 0.237 e. The molecule has 0 radical (unpaired) electrons. The van der Waals surface area contributed by atoms with Gasteiger partial charge in [-0.3, -0.25) is 9.59 Å². The summed E-state index contributed by atoms with van der Waals surface area (Å²) in [5.74, 6) is 1.58. The van der Waals surface area contributed by atoms with E-state index < -0.39 is 6.04 Å². The molecule has 7 nitrogen and oxygen atoms in total. The van der Waals surface area contributed by atoms with Gasteiger partial charge in [0.2, 0.25) is 11.7 Å². The Morgan fingerprint density at radius 3 is 2.63 bits per heavy atom. The van der Waals surface area contributed by atoms with Crippen LogP contribution in [0.2, 0.25) is 0 Å². The lowest BCUT2D eigenvalue weighted by Gasteiger charge is -2.20. The second-order valence-electron chi connectivity index (χ2n) is 9.46. The molecule has 2 unspecified atom stereocenters. The molecule has 2 fully saturated rings. The van der Waals surface area contributed by atoms with E-state index in [4.69, 9.17) is 15.1 Å². The molecule has 30 heavy (non-hydrogen) atoms. The Balaban J connectivity index is 1.69. The molecule has 3 rings (SSSR count). The van der Waals surface area contributed by atoms with Crippen LogP contribution < -0.4 is 16.4 Å². The Morgan fingerprint density at radius 2 is 1.97 bits per heavy atom. The Labute approximate surface area is 179 Å². The number of nitrogens with one attached hydrogen (secondary N) is 2. The van der Waals surface area contributed by atoms with Crippen LogP contribution in [-0.4, -0.2) is 42.4 Å². The molecule has 1 aromatic heterocycles. The molecular formula is C23H38N4O3. The van der Waals surface area contributed by atoms with E-state index in [-0.39, 0.29) is 24.2 Å². The Kier molecular flexibility index (Phi) is 8.45. The van der Waals surface area contributed by atoms with E-state index in [1.54, 1.807) is 0 Å². The van der Waals surface area contributed by atoms with Gasteiger partial charge in [-0.1, -0.05) is 46.0 Å². The highest BCUT2D eigenvalue weighted by Gasteiger charge is 2.28. The standard InChI is InChI=1S/C23H38N4O3/c1-15(2)11-18(24)22(29)26-14-20(28)21-19(12-16-7-4-3-5-8-16)27-23(30-21)17-9-6-10-25-13-17/h15-18,25H,3-14,24H2,1-2H3,(H,26,29). The lowest BCUT2D eigenvalue weighted by atomic mass is 9.86. The average Bonchev–Trinajstić information content (AvgIpc) is 3.16. The van der Waals surface area contributed by atoms with Gasteiger partial charge in [0.1, 0.15) is 0 Å². The first-order valence-corrected chi connectivity index (χ1v) is 11.7. The summed E-state index contributed by atoms with van der Waals surface area (Å²) < 4.78 is 6.03. The van der Waals surface area contributed by atoms with Crippen LogP contribution in [0.15, 0.2) is 4.42 Å². The van der Waals surface area contributed by atoms with Crippen molar-refractivity contribution in [3.05, 3.63) is 17.3 Å². The van der Waals surface area contributed by atoms with Gasteiger partial charge in [-0.05, 0) is 44.1 Å². The van der Waals surface area contributed by atoms with Crippen molar-refractivity contribution >= 4 is 11.7 Å². The number of aromatic nitrogens is 1. The molecule has 0 bridgehead atoms. The number of oxazole rings is 1. The van der Waals surface area contributed by atoms with Gasteiger partial charge in [-0.25, -0.2) is 4.98 Å². The predicted octanol–water partition coefficient (Wildman–Crippen LogP) is 2.94. The smallest absolute Gasteiger partial charge is 0.237 e. The summed E-state index contributed by atoms with van der Waals surface area (Å²) in [6.07, 6.45) is 9.62. The summed E-state index contributed by atoms with van der Waals surface area (Å²) in [7, 11) is 0. The molecule has 1 saturated carbocycles. The Bertz CT molecular complexity index is 703. The molecule has 168 valence electrons. The van der Waals surface area contributed by atoms with Crippen LogP contribution in [0.3, 0.4) is 0 Å². The quantitative estimate of drug-likeness (QED) is 0.532. The number of carbonyl (C=O) groups is 2. The third kappa shape index (κ3) is 6.38. The number of ketones is 1. The summed E-state index contributed by atoms with van der Waals surface area (Å²) in [5.41, 5.74) is 6.70. The van der Waals surface area contributed by atoms with Crippen LogP contribution >= 0.6 is 0 Å². The lowest BCUT2D eigenvalue weighted by Crippen LogP contribution is -2.43. The third-order valence-electron chi connectivity index (χ3n) is 6.31. The fraction of sp³-hybridized carbons (Fsp3) is 0.783. The van der Waals surface area contributed by atoms with Crippen LogP contribution in [0.5, 0.6) is 0 Å². The van der Waals surface area contributed by atoms with Gasteiger partial charge in [-0.15, -0.1) is 0 Å². The van der Waals surface area contributed by atoms with E-state index in [1.807, 2.05) is 13.8 Å². The maximum absolute atomic E-state index is 12.9. The van der Waals surface area contributed by atoms with E-state index in [0.717, 1.165) is 38.0 Å². The van der Waals surface area contributed by atoms with Crippen molar-refractivity contribution in [3.63, 3.8) is 0 Å². The van der Waals surface area contributed by atoms with Crippen molar-refractivity contribution in [1.29, 1.82) is 0 Å². The number of carbonyl (C=O) groups excluding carboxylic acids is 2. The number of hydrogen-bond acceptors (Lipinski definition) is 6. The second-order valence-corrected chi connectivity index (χ2v) is 9.46. The minimum Gasteiger partial charge on any atom is -0.437 e. The fourth-order valence-corrected chi connectivity index (χ4v) is 4.62. The first-order valence-electron chi connectivity index (χ1n) is 11.7. The highest BCUT2D eigenvalue weighted by molar-refractivity contribution is 5.98. The van der Waals surface area contributed by atoms with Gasteiger partial charge in [0.25, 0.3) is 0 Å². The maximum atomic E-state index is 12.9. The van der Waals surface area contributed by atoms with E-state index in [2.05, 4.69) is 10.6 Å². The first kappa shape index (κ1) is 22.9. The van der Waals surface area contributed by atoms with Gasteiger partial charge in [-0.2, -0.15) is 0 Å². The molecular weight excluding hydrogens is 380 g/mol. The average molecular weight is 419 g/mol. The molecule has 1 saturated heterocycles. The normalized spacial score (nSPS) is 21.5. The fourth-order valence-electron chi connectivity index (χ4n) is 4.62. The summed E-state index contributed by atoms with van der Waals surface area (Å²) in [6.45, 7) is 5.79. The molecule has 4 N–H and O–H groups in total. The number of nitrogens with two attached hydrogens (primary N) is 1. The summed E-state index contributed by atoms with van der Waals surface area (Å²) in [6, 6.07) is -0.599. The molecule has 1 aliphatic heterocycles. The van der Waals surface area contributed by atoms with Crippen molar-refractivity contribution in [2.24, 2.45) is 17.6 Å². The molecule has 0 spiro atoms. The minimum absolute atomic E-state index is 0.0974.